The van der Waals surface area contributed by atoms with E-state index in [2.05, 4.69) is 40.4 Å². The van der Waals surface area contributed by atoms with Gasteiger partial charge in [-0.1, -0.05) is 32.9 Å². The van der Waals surface area contributed by atoms with Crippen LogP contribution < -0.4 is 9.47 Å². The molecule has 0 spiro atoms. The van der Waals surface area contributed by atoms with Gasteiger partial charge in [-0.15, -0.1) is 6.58 Å². The highest BCUT2D eigenvalue weighted by molar-refractivity contribution is 6.74. The zero-order valence-electron chi connectivity index (χ0n) is 16.1. The number of methoxy groups -OCH3 is 2. The minimum Gasteiger partial charge on any atom is -0.493 e. The van der Waals surface area contributed by atoms with E-state index < -0.39 is 8.32 Å². The van der Waals surface area contributed by atoms with Crippen molar-refractivity contribution in [2.24, 2.45) is 5.92 Å². The summed E-state index contributed by atoms with van der Waals surface area (Å²) in [7, 11) is 1.20. The molecule has 1 N–H and O–H groups in total. The summed E-state index contributed by atoms with van der Waals surface area (Å²) in [6.07, 6.45) is 1.49. The fourth-order valence-electron chi connectivity index (χ4n) is 2.22. The van der Waals surface area contributed by atoms with Crippen molar-refractivity contribution in [3.63, 3.8) is 0 Å². The van der Waals surface area contributed by atoms with Crippen LogP contribution in [0.25, 0.3) is 0 Å². The molecule has 0 bridgehead atoms. The molecule has 136 valence electrons. The molecule has 0 fully saturated rings. The van der Waals surface area contributed by atoms with Gasteiger partial charge in [0.2, 0.25) is 0 Å². The largest absolute Gasteiger partial charge is 0.493 e. The summed E-state index contributed by atoms with van der Waals surface area (Å²) >= 11 is 0. The van der Waals surface area contributed by atoms with Crippen LogP contribution in [0.3, 0.4) is 0 Å². The summed E-state index contributed by atoms with van der Waals surface area (Å²) in [5.41, 5.74) is 0.955. The molecule has 0 aliphatic carbocycles. The Balaban J connectivity index is 3.32. The Morgan fingerprint density at radius 1 is 1.17 bits per heavy atom. The van der Waals surface area contributed by atoms with Crippen LogP contribution in [0, 0.1) is 5.92 Å². The lowest BCUT2D eigenvalue weighted by Gasteiger charge is -2.41. The van der Waals surface area contributed by atoms with Gasteiger partial charge in [0, 0.05) is 5.92 Å². The Bertz CT molecular complexity index is 549. The van der Waals surface area contributed by atoms with E-state index in [1.165, 1.54) is 0 Å². The number of ether oxygens (including phenoxy) is 2. The predicted octanol–water partition coefficient (Wildman–Crippen LogP) is 4.56. The minimum absolute atomic E-state index is 0.0167. The van der Waals surface area contributed by atoms with Crippen molar-refractivity contribution in [2.75, 3.05) is 20.8 Å². The van der Waals surface area contributed by atoms with Crippen LogP contribution >= 0.6 is 0 Å². The maximum atomic E-state index is 9.79. The molecular formula is C19H32O4Si. The maximum absolute atomic E-state index is 9.79. The standard InChI is InChI=1S/C19H32O4Si/c1-9-14(13-20)18(23-24(7,8)19(2,3)4)15-10-11-16(21-5)17(12-15)22-6/h9-12,14,18,20H,1,13H2,2-8H3/t14-,18+/m1/s1. The van der Waals surface area contributed by atoms with Crippen molar-refractivity contribution < 1.29 is 19.0 Å². The zero-order chi connectivity index (χ0) is 18.5. The van der Waals surface area contributed by atoms with E-state index in [0.717, 1.165) is 5.56 Å². The van der Waals surface area contributed by atoms with E-state index in [9.17, 15) is 5.11 Å². The third-order valence-electron chi connectivity index (χ3n) is 4.87. The average Bonchev–Trinajstić information content (AvgIpc) is 2.53. The third-order valence-corrected chi connectivity index (χ3v) is 9.32. The Morgan fingerprint density at radius 3 is 2.17 bits per heavy atom. The first-order valence-electron chi connectivity index (χ1n) is 8.24. The highest BCUT2D eigenvalue weighted by atomic mass is 28.4. The molecule has 2 atom stereocenters. The first kappa shape index (κ1) is 20.7. The summed E-state index contributed by atoms with van der Waals surface area (Å²) in [6.45, 7) is 14.9. The molecule has 0 radical (unpaired) electrons. The number of rotatable bonds is 8. The average molecular weight is 353 g/mol. The number of hydrogen-bond donors (Lipinski definition) is 1. The van der Waals surface area contributed by atoms with Gasteiger partial charge in [-0.2, -0.15) is 0 Å². The van der Waals surface area contributed by atoms with Crippen LogP contribution in [0.5, 0.6) is 11.5 Å². The van der Waals surface area contributed by atoms with Gasteiger partial charge in [0.1, 0.15) is 0 Å². The van der Waals surface area contributed by atoms with Crippen LogP contribution in [-0.4, -0.2) is 34.3 Å². The summed E-state index contributed by atoms with van der Waals surface area (Å²) < 4.78 is 17.3. The van der Waals surface area contributed by atoms with E-state index >= 15 is 0 Å². The SMILES string of the molecule is C=C[C@H](CO)[C@H](O[Si](C)(C)C(C)(C)C)c1ccc(OC)c(OC)c1. The van der Waals surface area contributed by atoms with E-state index in [4.69, 9.17) is 13.9 Å². The lowest BCUT2D eigenvalue weighted by atomic mass is 9.96. The summed E-state index contributed by atoms with van der Waals surface area (Å²) in [5.74, 6) is 1.14. The van der Waals surface area contributed by atoms with Gasteiger partial charge in [-0.3, -0.25) is 0 Å². The van der Waals surface area contributed by atoms with Gasteiger partial charge in [-0.25, -0.2) is 0 Å². The molecule has 0 unspecified atom stereocenters. The van der Waals surface area contributed by atoms with Gasteiger partial charge < -0.3 is 19.0 Å². The number of benzene rings is 1. The van der Waals surface area contributed by atoms with Crippen molar-refractivity contribution in [1.29, 1.82) is 0 Å². The third kappa shape index (κ3) is 4.62. The Morgan fingerprint density at radius 2 is 1.75 bits per heavy atom. The molecule has 0 heterocycles. The smallest absolute Gasteiger partial charge is 0.192 e. The zero-order valence-corrected chi connectivity index (χ0v) is 17.1. The molecule has 24 heavy (non-hydrogen) atoms. The number of aliphatic hydroxyl groups excluding tert-OH is 1. The van der Waals surface area contributed by atoms with Gasteiger partial charge in [0.15, 0.2) is 19.8 Å². The van der Waals surface area contributed by atoms with Crippen molar-refractivity contribution in [3.8, 4) is 11.5 Å². The molecule has 0 aliphatic heterocycles. The molecule has 5 heteroatoms. The lowest BCUT2D eigenvalue weighted by molar-refractivity contribution is 0.0995. The Kier molecular flexibility index (Phi) is 7.07. The highest BCUT2D eigenvalue weighted by Crippen LogP contribution is 2.43. The van der Waals surface area contributed by atoms with Crippen LogP contribution in [0.1, 0.15) is 32.4 Å². The fourth-order valence-corrected chi connectivity index (χ4v) is 3.52. The van der Waals surface area contributed by atoms with Crippen LogP contribution in [-0.2, 0) is 4.43 Å². The summed E-state index contributed by atoms with van der Waals surface area (Å²) in [5, 5.41) is 9.87. The van der Waals surface area contributed by atoms with E-state index in [0.29, 0.717) is 11.5 Å². The van der Waals surface area contributed by atoms with Crippen molar-refractivity contribution in [3.05, 3.63) is 36.4 Å². The minimum atomic E-state index is -2.03. The summed E-state index contributed by atoms with van der Waals surface area (Å²) in [4.78, 5) is 0. The van der Waals surface area contributed by atoms with Crippen molar-refractivity contribution >= 4 is 8.32 Å². The Labute approximate surface area is 147 Å². The molecular weight excluding hydrogens is 320 g/mol. The maximum Gasteiger partial charge on any atom is 0.192 e. The van der Waals surface area contributed by atoms with Crippen molar-refractivity contribution in [1.82, 2.24) is 0 Å². The second-order valence-electron chi connectivity index (χ2n) is 7.50. The molecule has 0 aromatic heterocycles. The fraction of sp³-hybridized carbons (Fsp3) is 0.579. The first-order valence-corrected chi connectivity index (χ1v) is 11.1. The second-order valence-corrected chi connectivity index (χ2v) is 12.3. The van der Waals surface area contributed by atoms with Gasteiger partial charge in [-0.05, 0) is 35.8 Å². The van der Waals surface area contributed by atoms with Gasteiger partial charge in [0.25, 0.3) is 0 Å². The van der Waals surface area contributed by atoms with Crippen LogP contribution in [0.15, 0.2) is 30.9 Å². The molecule has 4 nitrogen and oxygen atoms in total. The Hall–Kier alpha value is -1.30. The van der Waals surface area contributed by atoms with Gasteiger partial charge in [0.05, 0.1) is 26.9 Å². The first-order chi connectivity index (χ1) is 11.1. The van der Waals surface area contributed by atoms with E-state index in [-0.39, 0.29) is 23.7 Å². The monoisotopic (exact) mass is 352 g/mol. The van der Waals surface area contributed by atoms with Gasteiger partial charge >= 0.3 is 0 Å². The number of hydrogen-bond acceptors (Lipinski definition) is 4. The van der Waals surface area contributed by atoms with E-state index in [1.54, 1.807) is 20.3 Å². The molecule has 1 aromatic carbocycles. The van der Waals surface area contributed by atoms with Crippen LogP contribution in [0.2, 0.25) is 18.1 Å². The number of aliphatic hydroxyl groups is 1. The second kappa shape index (κ2) is 8.19. The highest BCUT2D eigenvalue weighted by Gasteiger charge is 2.40. The normalized spacial score (nSPS) is 14.8. The molecule has 0 saturated carbocycles. The summed E-state index contributed by atoms with van der Waals surface area (Å²) in [6, 6.07) is 5.75. The molecule has 0 aliphatic rings. The molecule has 1 aromatic rings. The quantitative estimate of drug-likeness (QED) is 0.550. The predicted molar refractivity (Wildman–Crippen MR) is 101 cm³/mol. The van der Waals surface area contributed by atoms with Crippen molar-refractivity contribution in [2.45, 2.75) is 45.0 Å². The van der Waals surface area contributed by atoms with Crippen LogP contribution in [0.4, 0.5) is 0 Å². The molecule has 1 rings (SSSR count). The lowest BCUT2D eigenvalue weighted by Crippen LogP contribution is -2.43. The molecule has 0 amide bonds. The topological polar surface area (TPSA) is 47.9 Å². The van der Waals surface area contributed by atoms with E-state index in [1.807, 2.05) is 18.2 Å². The molecule has 0 saturated heterocycles.